The van der Waals surface area contributed by atoms with Gasteiger partial charge in [0.25, 0.3) is 0 Å². The summed E-state index contributed by atoms with van der Waals surface area (Å²) in [5.41, 5.74) is 2.91. The van der Waals surface area contributed by atoms with Crippen molar-refractivity contribution in [2.75, 3.05) is 0 Å². The Morgan fingerprint density at radius 2 is 2.00 bits per heavy atom. The first-order valence-electron chi connectivity index (χ1n) is 7.29. The van der Waals surface area contributed by atoms with Gasteiger partial charge in [0.05, 0.1) is 0 Å². The molecule has 6 heteroatoms. The van der Waals surface area contributed by atoms with Crippen LogP contribution in [0.15, 0.2) is 46.8 Å². The highest BCUT2D eigenvalue weighted by atomic mass is 32.2. The maximum absolute atomic E-state index is 4.61. The van der Waals surface area contributed by atoms with E-state index in [0.717, 1.165) is 40.1 Å². The van der Waals surface area contributed by atoms with Gasteiger partial charge in [0.15, 0.2) is 11.0 Å². The van der Waals surface area contributed by atoms with Crippen molar-refractivity contribution < 1.29 is 0 Å². The van der Waals surface area contributed by atoms with Crippen LogP contribution in [0.4, 0.5) is 0 Å². The molecule has 3 heterocycles. The zero-order valence-corrected chi connectivity index (χ0v) is 13.4. The molecule has 1 N–H and O–H groups in total. The molecule has 0 aliphatic rings. The van der Waals surface area contributed by atoms with Gasteiger partial charge in [-0.25, -0.2) is 15.0 Å². The maximum atomic E-state index is 4.61. The molecule has 3 aromatic rings. The van der Waals surface area contributed by atoms with Gasteiger partial charge >= 0.3 is 0 Å². The number of imidazole rings is 1. The molecule has 0 saturated carbocycles. The standard InChI is InChI=1S/C16H17N5S/c1-3-11-9-14(22-16-18-10-12(4-2)20-16)21-15(19-11)13-7-5-6-8-17-13/h5-10H,3-4H2,1-2H3,(H,18,20). The first-order valence-corrected chi connectivity index (χ1v) is 8.11. The highest BCUT2D eigenvalue weighted by Crippen LogP contribution is 2.26. The number of nitrogens with one attached hydrogen (secondary N) is 1. The summed E-state index contributed by atoms with van der Waals surface area (Å²) in [4.78, 5) is 21.2. The van der Waals surface area contributed by atoms with E-state index in [-0.39, 0.29) is 0 Å². The molecule has 3 rings (SSSR count). The first-order chi connectivity index (χ1) is 10.8. The van der Waals surface area contributed by atoms with Crippen molar-refractivity contribution in [2.45, 2.75) is 36.9 Å². The van der Waals surface area contributed by atoms with Crippen LogP contribution in [0.2, 0.25) is 0 Å². The molecule has 3 aromatic heterocycles. The molecule has 0 aliphatic carbocycles. The van der Waals surface area contributed by atoms with Crippen molar-refractivity contribution in [3.63, 3.8) is 0 Å². The minimum Gasteiger partial charge on any atom is -0.337 e. The molecule has 0 bridgehead atoms. The fourth-order valence-corrected chi connectivity index (χ4v) is 2.80. The number of aryl methyl sites for hydroxylation is 2. The third-order valence-electron chi connectivity index (χ3n) is 3.20. The molecule has 0 aliphatic heterocycles. The monoisotopic (exact) mass is 311 g/mol. The summed E-state index contributed by atoms with van der Waals surface area (Å²) in [6.07, 6.45) is 5.42. The lowest BCUT2D eigenvalue weighted by molar-refractivity contribution is 0.939. The van der Waals surface area contributed by atoms with E-state index in [2.05, 4.69) is 38.8 Å². The van der Waals surface area contributed by atoms with E-state index in [1.54, 1.807) is 6.20 Å². The minimum atomic E-state index is 0.657. The Kier molecular flexibility index (Phi) is 4.48. The predicted octanol–water partition coefficient (Wildman–Crippen LogP) is 3.54. The summed E-state index contributed by atoms with van der Waals surface area (Å²) in [7, 11) is 0. The number of hydrogen-bond donors (Lipinski definition) is 1. The van der Waals surface area contributed by atoms with E-state index >= 15 is 0 Å². The summed E-state index contributed by atoms with van der Waals surface area (Å²) in [6, 6.07) is 7.76. The van der Waals surface area contributed by atoms with Gasteiger partial charge in [0, 0.05) is 23.8 Å². The molecule has 0 unspecified atom stereocenters. The molecule has 0 aromatic carbocycles. The zero-order chi connectivity index (χ0) is 15.4. The molecule has 5 nitrogen and oxygen atoms in total. The Morgan fingerprint density at radius 3 is 2.68 bits per heavy atom. The van der Waals surface area contributed by atoms with Crippen molar-refractivity contribution in [2.24, 2.45) is 0 Å². The molecular formula is C16H17N5S. The van der Waals surface area contributed by atoms with E-state index in [1.165, 1.54) is 11.8 Å². The van der Waals surface area contributed by atoms with Crippen LogP contribution in [-0.4, -0.2) is 24.9 Å². The van der Waals surface area contributed by atoms with E-state index in [9.17, 15) is 0 Å². The Bertz CT molecular complexity index is 754. The van der Waals surface area contributed by atoms with Gasteiger partial charge in [0.1, 0.15) is 10.7 Å². The Balaban J connectivity index is 1.93. The second-order valence-electron chi connectivity index (χ2n) is 4.76. The van der Waals surface area contributed by atoms with Gasteiger partial charge in [-0.05, 0) is 42.8 Å². The predicted molar refractivity (Wildman–Crippen MR) is 86.7 cm³/mol. The second-order valence-corrected chi connectivity index (χ2v) is 5.77. The molecule has 0 radical (unpaired) electrons. The highest BCUT2D eigenvalue weighted by Gasteiger charge is 2.10. The summed E-state index contributed by atoms with van der Waals surface area (Å²) < 4.78 is 0. The third kappa shape index (κ3) is 3.33. The van der Waals surface area contributed by atoms with Gasteiger partial charge in [-0.2, -0.15) is 0 Å². The number of aromatic amines is 1. The van der Waals surface area contributed by atoms with Crippen LogP contribution in [0.5, 0.6) is 0 Å². The van der Waals surface area contributed by atoms with E-state index in [4.69, 9.17) is 0 Å². The van der Waals surface area contributed by atoms with Crippen LogP contribution in [0.25, 0.3) is 11.5 Å². The largest absolute Gasteiger partial charge is 0.337 e. The average Bonchev–Trinajstić information content (AvgIpc) is 3.03. The number of H-pyrrole nitrogens is 1. The summed E-state index contributed by atoms with van der Waals surface area (Å²) in [5.74, 6) is 0.657. The SMILES string of the molecule is CCc1cc(Sc2ncc(CC)[nH]2)nc(-c2ccccn2)n1. The number of rotatable bonds is 5. The molecule has 112 valence electrons. The third-order valence-corrected chi connectivity index (χ3v) is 4.02. The maximum Gasteiger partial charge on any atom is 0.179 e. The lowest BCUT2D eigenvalue weighted by atomic mass is 10.3. The average molecular weight is 311 g/mol. The molecule has 0 amide bonds. The van der Waals surface area contributed by atoms with Crippen LogP contribution in [0.1, 0.15) is 25.2 Å². The molecule has 0 fully saturated rings. The Morgan fingerprint density at radius 1 is 1.09 bits per heavy atom. The molecule has 22 heavy (non-hydrogen) atoms. The normalized spacial score (nSPS) is 10.8. The summed E-state index contributed by atoms with van der Waals surface area (Å²) in [5, 5.41) is 1.73. The van der Waals surface area contributed by atoms with Crippen molar-refractivity contribution >= 4 is 11.8 Å². The van der Waals surface area contributed by atoms with Crippen LogP contribution < -0.4 is 0 Å². The van der Waals surface area contributed by atoms with Gasteiger partial charge in [0.2, 0.25) is 0 Å². The van der Waals surface area contributed by atoms with E-state index in [1.807, 2.05) is 30.5 Å². The molecular weight excluding hydrogens is 294 g/mol. The lowest BCUT2D eigenvalue weighted by Crippen LogP contribution is -1.98. The lowest BCUT2D eigenvalue weighted by Gasteiger charge is -2.05. The molecule has 0 atom stereocenters. The minimum absolute atomic E-state index is 0.657. The van der Waals surface area contributed by atoms with Crippen molar-refractivity contribution in [1.82, 2.24) is 24.9 Å². The Labute approximate surface area is 133 Å². The fraction of sp³-hybridized carbons (Fsp3) is 0.250. The van der Waals surface area contributed by atoms with Crippen molar-refractivity contribution in [1.29, 1.82) is 0 Å². The smallest absolute Gasteiger partial charge is 0.179 e. The Hall–Kier alpha value is -2.21. The van der Waals surface area contributed by atoms with Crippen LogP contribution in [0, 0.1) is 0 Å². The summed E-state index contributed by atoms with van der Waals surface area (Å²) >= 11 is 1.52. The second kappa shape index (κ2) is 6.70. The highest BCUT2D eigenvalue weighted by molar-refractivity contribution is 7.99. The fourth-order valence-electron chi connectivity index (χ4n) is 1.98. The number of nitrogens with zero attached hydrogens (tertiary/aromatic N) is 4. The number of pyridine rings is 1. The van der Waals surface area contributed by atoms with Gasteiger partial charge < -0.3 is 4.98 Å². The van der Waals surface area contributed by atoms with E-state index in [0.29, 0.717) is 5.82 Å². The van der Waals surface area contributed by atoms with Crippen molar-refractivity contribution in [3.05, 3.63) is 48.0 Å². The van der Waals surface area contributed by atoms with Crippen LogP contribution in [-0.2, 0) is 12.8 Å². The topological polar surface area (TPSA) is 67.3 Å². The van der Waals surface area contributed by atoms with Gasteiger partial charge in [-0.3, -0.25) is 4.98 Å². The van der Waals surface area contributed by atoms with Crippen LogP contribution in [0.3, 0.4) is 0 Å². The van der Waals surface area contributed by atoms with Gasteiger partial charge in [-0.15, -0.1) is 0 Å². The van der Waals surface area contributed by atoms with Crippen LogP contribution >= 0.6 is 11.8 Å². The van der Waals surface area contributed by atoms with E-state index < -0.39 is 0 Å². The molecule has 0 saturated heterocycles. The number of hydrogen-bond acceptors (Lipinski definition) is 5. The number of aromatic nitrogens is 5. The summed E-state index contributed by atoms with van der Waals surface area (Å²) in [6.45, 7) is 4.18. The van der Waals surface area contributed by atoms with Crippen molar-refractivity contribution in [3.8, 4) is 11.5 Å². The zero-order valence-electron chi connectivity index (χ0n) is 12.6. The van der Waals surface area contributed by atoms with Gasteiger partial charge in [-0.1, -0.05) is 19.9 Å². The molecule has 0 spiro atoms. The quantitative estimate of drug-likeness (QED) is 0.730. The first kappa shape index (κ1) is 14.7.